The molecule has 1 aliphatic heterocycles. The lowest BCUT2D eigenvalue weighted by Crippen LogP contribution is -2.44. The predicted octanol–water partition coefficient (Wildman–Crippen LogP) is 3.29. The molecule has 0 saturated carbocycles. The van der Waals surface area contributed by atoms with Gasteiger partial charge in [-0.2, -0.15) is 0 Å². The highest BCUT2D eigenvalue weighted by Crippen LogP contribution is 2.20. The highest BCUT2D eigenvalue weighted by atomic mass is 16.3. The van der Waals surface area contributed by atoms with Crippen molar-refractivity contribution in [2.24, 2.45) is 0 Å². The molecule has 2 heterocycles. The molecule has 5 nitrogen and oxygen atoms in total. The number of rotatable bonds is 6. The molecule has 3 aromatic rings. The first-order valence-electron chi connectivity index (χ1n) is 10.8. The third-order valence-electron chi connectivity index (χ3n) is 5.79. The Bertz CT molecular complexity index is 1020. The maximum Gasteiger partial charge on any atom is 0.100 e. The second-order valence-electron chi connectivity index (χ2n) is 8.05. The number of aliphatic hydroxyl groups is 1. The molecule has 2 aromatic carbocycles. The minimum Gasteiger partial charge on any atom is -0.392 e. The van der Waals surface area contributed by atoms with Crippen LogP contribution in [0.2, 0.25) is 0 Å². The number of benzene rings is 2. The van der Waals surface area contributed by atoms with E-state index in [1.165, 1.54) is 39.1 Å². The van der Waals surface area contributed by atoms with Crippen LogP contribution < -0.4 is 0 Å². The van der Waals surface area contributed by atoms with Crippen molar-refractivity contribution in [3.63, 3.8) is 0 Å². The van der Waals surface area contributed by atoms with E-state index in [0.29, 0.717) is 0 Å². The van der Waals surface area contributed by atoms with Crippen molar-refractivity contribution in [3.05, 3.63) is 59.9 Å². The predicted molar refractivity (Wildman–Crippen MR) is 122 cm³/mol. The summed E-state index contributed by atoms with van der Waals surface area (Å²) in [4.78, 5) is 9.42. The van der Waals surface area contributed by atoms with Crippen molar-refractivity contribution in [3.8, 4) is 17.5 Å². The highest BCUT2D eigenvalue weighted by molar-refractivity contribution is 5.78. The molecule has 0 amide bonds. The number of piperazine rings is 1. The van der Waals surface area contributed by atoms with E-state index >= 15 is 0 Å². The monoisotopic (exact) mass is 402 g/mol. The summed E-state index contributed by atoms with van der Waals surface area (Å²) >= 11 is 0. The van der Waals surface area contributed by atoms with E-state index in [4.69, 9.17) is 0 Å². The normalized spacial score (nSPS) is 15.3. The van der Waals surface area contributed by atoms with E-state index in [2.05, 4.69) is 57.9 Å². The number of hydrogen-bond acceptors (Lipinski definition) is 4. The van der Waals surface area contributed by atoms with Gasteiger partial charge < -0.3 is 14.9 Å². The van der Waals surface area contributed by atoms with E-state index in [-0.39, 0.29) is 6.61 Å². The molecule has 5 heteroatoms. The van der Waals surface area contributed by atoms with Crippen molar-refractivity contribution in [1.29, 1.82) is 0 Å². The summed E-state index contributed by atoms with van der Waals surface area (Å²) in [6, 6.07) is 14.1. The van der Waals surface area contributed by atoms with Crippen molar-refractivity contribution >= 4 is 11.0 Å². The fourth-order valence-electron chi connectivity index (χ4n) is 3.85. The smallest absolute Gasteiger partial charge is 0.100 e. The number of likely N-dealkylation sites (N-methyl/N-ethyl adjacent to an activating group) is 1. The Morgan fingerprint density at radius 2 is 1.80 bits per heavy atom. The minimum atomic E-state index is 0.0328. The molecule has 1 fully saturated rings. The van der Waals surface area contributed by atoms with Gasteiger partial charge in [-0.25, -0.2) is 4.98 Å². The first-order chi connectivity index (χ1) is 14.7. The van der Waals surface area contributed by atoms with Crippen LogP contribution in [0, 0.1) is 11.8 Å². The Kier molecular flexibility index (Phi) is 6.81. The van der Waals surface area contributed by atoms with Gasteiger partial charge in [-0.05, 0) is 68.4 Å². The van der Waals surface area contributed by atoms with Gasteiger partial charge in [-0.3, -0.25) is 4.57 Å². The number of unbranched alkanes of at least 4 members (excludes halogenated alkanes) is 2. The Morgan fingerprint density at radius 3 is 2.57 bits per heavy atom. The quantitative estimate of drug-likeness (QED) is 0.508. The van der Waals surface area contributed by atoms with Gasteiger partial charge in [0.15, 0.2) is 0 Å². The van der Waals surface area contributed by atoms with Crippen molar-refractivity contribution in [1.82, 2.24) is 19.4 Å². The van der Waals surface area contributed by atoms with Gasteiger partial charge in [0.05, 0.1) is 17.6 Å². The Hall–Kier alpha value is -2.65. The van der Waals surface area contributed by atoms with Crippen LogP contribution >= 0.6 is 0 Å². The lowest BCUT2D eigenvalue weighted by atomic mass is 10.1. The van der Waals surface area contributed by atoms with Crippen LogP contribution in [-0.2, 0) is 6.61 Å². The molecule has 1 saturated heterocycles. The molecule has 0 unspecified atom stereocenters. The topological polar surface area (TPSA) is 44.5 Å². The third kappa shape index (κ3) is 5.09. The summed E-state index contributed by atoms with van der Waals surface area (Å²) in [7, 11) is 2.20. The summed E-state index contributed by atoms with van der Waals surface area (Å²) in [5.74, 6) is 6.61. The van der Waals surface area contributed by atoms with Crippen LogP contribution in [0.5, 0.6) is 0 Å². The van der Waals surface area contributed by atoms with Crippen LogP contribution in [0.25, 0.3) is 16.7 Å². The van der Waals surface area contributed by atoms with Crippen molar-refractivity contribution in [2.75, 3.05) is 39.8 Å². The second kappa shape index (κ2) is 9.90. The molecule has 0 radical (unpaired) electrons. The molecule has 0 spiro atoms. The number of aliphatic hydroxyl groups excluding tert-OH is 1. The first-order valence-corrected chi connectivity index (χ1v) is 10.8. The van der Waals surface area contributed by atoms with Crippen LogP contribution in [0.1, 0.15) is 30.4 Å². The molecule has 1 aliphatic rings. The lowest BCUT2D eigenvalue weighted by molar-refractivity contribution is 0.152. The fourth-order valence-corrected chi connectivity index (χ4v) is 3.85. The molecule has 1 aromatic heterocycles. The molecule has 1 N–H and O–H groups in total. The zero-order chi connectivity index (χ0) is 20.8. The maximum atomic E-state index is 9.40. The fraction of sp³-hybridized carbons (Fsp3) is 0.400. The SMILES string of the molecule is CN1CCN(CCCCC#Cc2ccc(-n3cnc4ccc(CO)cc43)cc2)CC1. The zero-order valence-corrected chi connectivity index (χ0v) is 17.7. The van der Waals surface area contributed by atoms with Gasteiger partial charge in [0, 0.05) is 43.9 Å². The van der Waals surface area contributed by atoms with Gasteiger partial charge in [-0.15, -0.1) is 0 Å². The number of nitrogens with zero attached hydrogens (tertiary/aromatic N) is 4. The Balaban J connectivity index is 1.29. The molecule has 0 bridgehead atoms. The van der Waals surface area contributed by atoms with Crippen LogP contribution in [0.3, 0.4) is 0 Å². The van der Waals surface area contributed by atoms with Gasteiger partial charge in [0.2, 0.25) is 0 Å². The van der Waals surface area contributed by atoms with Crippen LogP contribution in [0.15, 0.2) is 48.8 Å². The van der Waals surface area contributed by atoms with E-state index in [0.717, 1.165) is 40.7 Å². The van der Waals surface area contributed by atoms with Crippen molar-refractivity contribution < 1.29 is 5.11 Å². The van der Waals surface area contributed by atoms with Crippen LogP contribution in [-0.4, -0.2) is 64.2 Å². The van der Waals surface area contributed by atoms with E-state index in [1.807, 2.05) is 29.1 Å². The molecule has 0 atom stereocenters. The lowest BCUT2D eigenvalue weighted by Gasteiger charge is -2.32. The third-order valence-corrected chi connectivity index (χ3v) is 5.79. The van der Waals surface area contributed by atoms with Gasteiger partial charge in [-0.1, -0.05) is 17.9 Å². The second-order valence-corrected chi connectivity index (χ2v) is 8.05. The summed E-state index contributed by atoms with van der Waals surface area (Å²) in [5, 5.41) is 9.40. The average Bonchev–Trinajstić information content (AvgIpc) is 3.21. The highest BCUT2D eigenvalue weighted by Gasteiger charge is 2.12. The summed E-state index contributed by atoms with van der Waals surface area (Å²) in [5.41, 5.74) is 4.90. The van der Waals surface area contributed by atoms with Crippen molar-refractivity contribution in [2.45, 2.75) is 25.9 Å². The Morgan fingerprint density at radius 1 is 1.00 bits per heavy atom. The number of fused-ring (bicyclic) bond motifs is 1. The Labute approximate surface area is 178 Å². The minimum absolute atomic E-state index is 0.0328. The number of hydrogen-bond donors (Lipinski definition) is 1. The van der Waals surface area contributed by atoms with E-state index in [9.17, 15) is 5.11 Å². The first kappa shape index (κ1) is 20.6. The molecule has 4 rings (SSSR count). The maximum absolute atomic E-state index is 9.40. The summed E-state index contributed by atoms with van der Waals surface area (Å²) in [6.45, 7) is 6.00. The van der Waals surface area contributed by atoms with Gasteiger partial charge in [0.25, 0.3) is 0 Å². The largest absolute Gasteiger partial charge is 0.392 e. The zero-order valence-electron chi connectivity index (χ0n) is 17.7. The van der Waals surface area contributed by atoms with Gasteiger partial charge >= 0.3 is 0 Å². The van der Waals surface area contributed by atoms with Gasteiger partial charge in [0.1, 0.15) is 6.33 Å². The number of imidazole rings is 1. The van der Waals surface area contributed by atoms with E-state index < -0.39 is 0 Å². The summed E-state index contributed by atoms with van der Waals surface area (Å²) < 4.78 is 2.05. The molecular weight excluding hydrogens is 372 g/mol. The molecule has 156 valence electrons. The van der Waals surface area contributed by atoms with Crippen LogP contribution in [0.4, 0.5) is 0 Å². The molecule has 0 aliphatic carbocycles. The average molecular weight is 403 g/mol. The standard InChI is InChI=1S/C25H30N4O/c1-27-14-16-28(17-15-27)13-5-3-2-4-6-21-7-10-23(11-8-21)29-20-26-24-12-9-22(19-30)18-25(24)29/h7-12,18,20,30H,2-3,5,13-17,19H2,1H3. The molecule has 30 heavy (non-hydrogen) atoms. The summed E-state index contributed by atoms with van der Waals surface area (Å²) in [6.07, 6.45) is 5.16. The number of aromatic nitrogens is 2. The molecular formula is C25H30N4O. The van der Waals surface area contributed by atoms with E-state index in [1.54, 1.807) is 0 Å².